The Bertz CT molecular complexity index is 227. The Morgan fingerprint density at radius 3 is 3.10 bits per heavy atom. The molecule has 4 heteroatoms. The summed E-state index contributed by atoms with van der Waals surface area (Å²) in [6.07, 6.45) is 4.51. The number of hydrogen-bond acceptors (Lipinski definition) is 3. The van der Waals surface area contributed by atoms with Crippen LogP contribution < -0.4 is 0 Å². The zero-order valence-corrected chi connectivity index (χ0v) is 5.40. The molecule has 0 spiro atoms. The zero-order valence-electron chi connectivity index (χ0n) is 5.40. The number of aromatic nitrogens is 3. The summed E-state index contributed by atoms with van der Waals surface area (Å²) in [7, 11) is 0. The van der Waals surface area contributed by atoms with E-state index in [0.29, 0.717) is 6.42 Å². The van der Waals surface area contributed by atoms with Gasteiger partial charge in [-0.2, -0.15) is 9.78 Å². The Kier molecular flexibility index (Phi) is 1.94. The first kappa shape index (κ1) is 6.67. The second-order valence-corrected chi connectivity index (χ2v) is 1.73. The molecular weight excluding hydrogens is 130 g/mol. The van der Waals surface area contributed by atoms with Crippen molar-refractivity contribution in [2.45, 2.75) is 6.42 Å². The second kappa shape index (κ2) is 2.91. The lowest BCUT2D eigenvalue weighted by Crippen LogP contribution is -2.09. The molecule has 0 saturated carbocycles. The molecule has 0 radical (unpaired) electrons. The summed E-state index contributed by atoms with van der Waals surface area (Å²) >= 11 is 0. The van der Waals surface area contributed by atoms with Gasteiger partial charge in [0, 0.05) is 6.42 Å². The molecular formula is C6H7N3O. The van der Waals surface area contributed by atoms with Gasteiger partial charge in [-0.25, -0.2) is 4.98 Å². The summed E-state index contributed by atoms with van der Waals surface area (Å²) in [6, 6.07) is 0. The molecule has 0 aromatic carbocycles. The quantitative estimate of drug-likeness (QED) is 0.557. The van der Waals surface area contributed by atoms with Crippen LogP contribution in [-0.4, -0.2) is 20.7 Å². The van der Waals surface area contributed by atoms with Crippen molar-refractivity contribution in [3.05, 3.63) is 25.3 Å². The van der Waals surface area contributed by atoms with Crippen molar-refractivity contribution in [2.75, 3.05) is 0 Å². The zero-order chi connectivity index (χ0) is 7.40. The van der Waals surface area contributed by atoms with Crippen molar-refractivity contribution in [2.24, 2.45) is 0 Å². The van der Waals surface area contributed by atoms with E-state index in [-0.39, 0.29) is 5.91 Å². The number of hydrogen-bond donors (Lipinski definition) is 0. The first-order chi connectivity index (χ1) is 4.84. The fraction of sp³-hybridized carbons (Fsp3) is 0.167. The Hall–Kier alpha value is -1.45. The first-order valence-corrected chi connectivity index (χ1v) is 2.83. The van der Waals surface area contributed by atoms with Gasteiger partial charge in [-0.15, -0.1) is 6.58 Å². The van der Waals surface area contributed by atoms with Crippen molar-refractivity contribution >= 4 is 5.91 Å². The van der Waals surface area contributed by atoms with Gasteiger partial charge in [-0.1, -0.05) is 6.08 Å². The first-order valence-electron chi connectivity index (χ1n) is 2.83. The van der Waals surface area contributed by atoms with Gasteiger partial charge in [0.2, 0.25) is 0 Å². The maximum absolute atomic E-state index is 10.9. The molecule has 1 rings (SSSR count). The Morgan fingerprint density at radius 1 is 1.80 bits per heavy atom. The standard InChI is InChI=1S/C6H7N3O/c1-2-3-6(10)9-5-7-4-8-9/h2,4-5H,1,3H2. The monoisotopic (exact) mass is 137 g/mol. The van der Waals surface area contributed by atoms with Crippen LogP contribution >= 0.6 is 0 Å². The normalized spacial score (nSPS) is 9.20. The lowest BCUT2D eigenvalue weighted by molar-refractivity contribution is 0.0901. The van der Waals surface area contributed by atoms with Crippen LogP contribution in [-0.2, 0) is 0 Å². The van der Waals surface area contributed by atoms with Crippen molar-refractivity contribution in [1.29, 1.82) is 0 Å². The number of carbonyl (C=O) groups excluding carboxylic acids is 1. The minimum absolute atomic E-state index is 0.118. The molecule has 0 amide bonds. The number of nitrogens with zero attached hydrogens (tertiary/aromatic N) is 3. The van der Waals surface area contributed by atoms with E-state index in [1.165, 1.54) is 23.4 Å². The summed E-state index contributed by atoms with van der Waals surface area (Å²) in [4.78, 5) is 14.5. The molecule has 52 valence electrons. The van der Waals surface area contributed by atoms with Gasteiger partial charge in [-0.05, 0) is 0 Å². The Labute approximate surface area is 58.2 Å². The molecule has 0 saturated heterocycles. The van der Waals surface area contributed by atoms with Crippen molar-refractivity contribution < 1.29 is 4.79 Å². The largest absolute Gasteiger partial charge is 0.272 e. The van der Waals surface area contributed by atoms with E-state index in [4.69, 9.17) is 0 Å². The van der Waals surface area contributed by atoms with Crippen molar-refractivity contribution in [3.8, 4) is 0 Å². The molecule has 0 aliphatic rings. The van der Waals surface area contributed by atoms with Gasteiger partial charge in [0.15, 0.2) is 0 Å². The fourth-order valence-electron chi connectivity index (χ4n) is 0.554. The van der Waals surface area contributed by atoms with Gasteiger partial charge in [0.05, 0.1) is 0 Å². The topological polar surface area (TPSA) is 47.8 Å². The van der Waals surface area contributed by atoms with E-state index in [2.05, 4.69) is 16.7 Å². The maximum Gasteiger partial charge on any atom is 0.252 e. The highest BCUT2D eigenvalue weighted by Crippen LogP contribution is 1.86. The van der Waals surface area contributed by atoms with E-state index in [1.807, 2.05) is 0 Å². The average molecular weight is 137 g/mol. The summed E-state index contributed by atoms with van der Waals surface area (Å²) < 4.78 is 1.18. The molecule has 1 heterocycles. The summed E-state index contributed by atoms with van der Waals surface area (Å²) in [5.41, 5.74) is 0. The molecule has 0 bridgehead atoms. The predicted molar refractivity (Wildman–Crippen MR) is 35.5 cm³/mol. The third-order valence-corrected chi connectivity index (χ3v) is 0.993. The lowest BCUT2D eigenvalue weighted by Gasteiger charge is -1.91. The molecule has 1 aromatic rings. The third-order valence-electron chi connectivity index (χ3n) is 0.993. The van der Waals surface area contributed by atoms with Crippen molar-refractivity contribution in [3.63, 3.8) is 0 Å². The van der Waals surface area contributed by atoms with Crippen LogP contribution in [0.25, 0.3) is 0 Å². The molecule has 0 atom stereocenters. The van der Waals surface area contributed by atoms with Crippen LogP contribution in [0.3, 0.4) is 0 Å². The molecule has 0 fully saturated rings. The smallest absolute Gasteiger partial charge is 0.252 e. The predicted octanol–water partition coefficient (Wildman–Crippen LogP) is 0.494. The molecule has 0 N–H and O–H groups in total. The van der Waals surface area contributed by atoms with Crippen LogP contribution in [0.15, 0.2) is 25.3 Å². The third kappa shape index (κ3) is 1.28. The molecule has 0 unspecified atom stereocenters. The van der Waals surface area contributed by atoms with Crippen LogP contribution in [0.5, 0.6) is 0 Å². The second-order valence-electron chi connectivity index (χ2n) is 1.73. The molecule has 10 heavy (non-hydrogen) atoms. The van der Waals surface area contributed by atoms with Gasteiger partial charge in [-0.3, -0.25) is 4.79 Å². The van der Waals surface area contributed by atoms with Gasteiger partial charge in [0.25, 0.3) is 5.91 Å². The van der Waals surface area contributed by atoms with E-state index in [9.17, 15) is 4.79 Å². The number of carbonyl (C=O) groups is 1. The summed E-state index contributed by atoms with van der Waals surface area (Å²) in [6.45, 7) is 3.43. The minimum Gasteiger partial charge on any atom is -0.272 e. The van der Waals surface area contributed by atoms with Gasteiger partial charge in [0.1, 0.15) is 12.7 Å². The maximum atomic E-state index is 10.9. The average Bonchev–Trinajstić information content (AvgIpc) is 2.38. The lowest BCUT2D eigenvalue weighted by atomic mass is 10.4. The van der Waals surface area contributed by atoms with Crippen LogP contribution in [0.4, 0.5) is 0 Å². The van der Waals surface area contributed by atoms with Crippen LogP contribution in [0.2, 0.25) is 0 Å². The Morgan fingerprint density at radius 2 is 2.60 bits per heavy atom. The van der Waals surface area contributed by atoms with Gasteiger partial charge < -0.3 is 0 Å². The summed E-state index contributed by atoms with van der Waals surface area (Å²) in [5, 5.41) is 3.64. The number of rotatable bonds is 2. The molecule has 0 aliphatic heterocycles. The molecule has 1 aromatic heterocycles. The summed E-state index contributed by atoms with van der Waals surface area (Å²) in [5.74, 6) is -0.118. The van der Waals surface area contributed by atoms with E-state index in [0.717, 1.165) is 0 Å². The highest BCUT2D eigenvalue weighted by atomic mass is 16.2. The molecule has 4 nitrogen and oxygen atoms in total. The SMILES string of the molecule is C=CCC(=O)n1cncn1. The fourth-order valence-corrected chi connectivity index (χ4v) is 0.554. The number of allylic oxidation sites excluding steroid dienone is 1. The highest BCUT2D eigenvalue weighted by Gasteiger charge is 1.99. The van der Waals surface area contributed by atoms with Gasteiger partial charge >= 0.3 is 0 Å². The van der Waals surface area contributed by atoms with Crippen molar-refractivity contribution in [1.82, 2.24) is 14.8 Å². The van der Waals surface area contributed by atoms with E-state index < -0.39 is 0 Å². The van der Waals surface area contributed by atoms with Crippen LogP contribution in [0.1, 0.15) is 11.2 Å². The van der Waals surface area contributed by atoms with E-state index >= 15 is 0 Å². The molecule has 0 aliphatic carbocycles. The highest BCUT2D eigenvalue weighted by molar-refractivity contribution is 5.78. The van der Waals surface area contributed by atoms with E-state index in [1.54, 1.807) is 0 Å². The minimum atomic E-state index is -0.118. The van der Waals surface area contributed by atoms with Crippen LogP contribution in [0, 0.1) is 0 Å². The Balaban J connectivity index is 2.68.